The van der Waals surface area contributed by atoms with Crippen molar-refractivity contribution in [3.05, 3.63) is 60.4 Å². The van der Waals surface area contributed by atoms with E-state index in [2.05, 4.69) is 4.98 Å². The zero-order chi connectivity index (χ0) is 18.9. The van der Waals surface area contributed by atoms with Crippen LogP contribution in [-0.2, 0) is 14.8 Å². The SMILES string of the molecule is O=C(CC1CCCCO1)c1cc2cccnc2n1S(=O)(=O)c1ccccc1. The molecule has 27 heavy (non-hydrogen) atoms. The summed E-state index contributed by atoms with van der Waals surface area (Å²) in [6, 6.07) is 13.2. The molecule has 0 aliphatic carbocycles. The first-order valence-electron chi connectivity index (χ1n) is 8.99. The van der Waals surface area contributed by atoms with Gasteiger partial charge >= 0.3 is 0 Å². The first-order chi connectivity index (χ1) is 13.1. The Kier molecular flexibility index (Phi) is 4.80. The Morgan fingerprint density at radius 3 is 2.70 bits per heavy atom. The highest BCUT2D eigenvalue weighted by Crippen LogP contribution is 2.26. The topological polar surface area (TPSA) is 78.3 Å². The summed E-state index contributed by atoms with van der Waals surface area (Å²) in [5.74, 6) is -0.251. The van der Waals surface area contributed by atoms with Crippen LogP contribution in [0.25, 0.3) is 11.0 Å². The Morgan fingerprint density at radius 1 is 1.15 bits per heavy atom. The Hall–Kier alpha value is -2.51. The van der Waals surface area contributed by atoms with E-state index in [4.69, 9.17) is 4.74 Å². The highest BCUT2D eigenvalue weighted by Gasteiger charge is 2.28. The van der Waals surface area contributed by atoms with Crippen molar-refractivity contribution >= 4 is 26.8 Å². The maximum atomic E-state index is 13.3. The Morgan fingerprint density at radius 2 is 1.96 bits per heavy atom. The number of ketones is 1. The minimum absolute atomic E-state index is 0.121. The molecule has 1 aromatic carbocycles. The third kappa shape index (κ3) is 3.40. The molecule has 1 unspecified atom stereocenters. The van der Waals surface area contributed by atoms with Gasteiger partial charge < -0.3 is 4.74 Å². The lowest BCUT2D eigenvalue weighted by Crippen LogP contribution is -2.25. The van der Waals surface area contributed by atoms with E-state index in [9.17, 15) is 13.2 Å². The monoisotopic (exact) mass is 384 g/mol. The molecule has 140 valence electrons. The molecule has 3 aromatic rings. The van der Waals surface area contributed by atoms with Crippen LogP contribution < -0.4 is 0 Å². The molecular weight excluding hydrogens is 364 g/mol. The molecule has 1 fully saturated rings. The fourth-order valence-electron chi connectivity index (χ4n) is 3.43. The fourth-order valence-corrected chi connectivity index (χ4v) is 4.93. The van der Waals surface area contributed by atoms with Crippen LogP contribution in [0.3, 0.4) is 0 Å². The summed E-state index contributed by atoms with van der Waals surface area (Å²) < 4.78 is 33.3. The second kappa shape index (κ2) is 7.25. The number of hydrogen-bond acceptors (Lipinski definition) is 5. The summed E-state index contributed by atoms with van der Waals surface area (Å²) in [6.07, 6.45) is 4.36. The van der Waals surface area contributed by atoms with Crippen LogP contribution in [0, 0.1) is 0 Å². The largest absolute Gasteiger partial charge is 0.378 e. The van der Waals surface area contributed by atoms with E-state index in [1.165, 1.54) is 18.3 Å². The van der Waals surface area contributed by atoms with Gasteiger partial charge in [-0.25, -0.2) is 17.4 Å². The predicted octanol–water partition coefficient (Wildman–Crippen LogP) is 3.42. The number of hydrogen-bond donors (Lipinski definition) is 0. The molecule has 1 saturated heterocycles. The summed E-state index contributed by atoms with van der Waals surface area (Å²) in [6.45, 7) is 0.644. The van der Waals surface area contributed by atoms with Crippen molar-refractivity contribution in [2.75, 3.05) is 6.61 Å². The molecule has 0 N–H and O–H groups in total. The molecule has 7 heteroatoms. The average Bonchev–Trinajstić information content (AvgIpc) is 3.10. The van der Waals surface area contributed by atoms with E-state index < -0.39 is 10.0 Å². The second-order valence-corrected chi connectivity index (χ2v) is 8.43. The van der Waals surface area contributed by atoms with Crippen LogP contribution in [-0.4, -0.2) is 35.9 Å². The standard InChI is InChI=1S/C20H20N2O4S/c23-19(14-16-8-4-5-12-26-16)18-13-15-7-6-11-21-20(15)22(18)27(24,25)17-9-2-1-3-10-17/h1-3,6-7,9-11,13,16H,4-5,8,12,14H2. The molecule has 0 spiro atoms. The smallest absolute Gasteiger partial charge is 0.270 e. The fraction of sp³-hybridized carbons (Fsp3) is 0.300. The predicted molar refractivity (Wildman–Crippen MR) is 101 cm³/mol. The van der Waals surface area contributed by atoms with Crippen LogP contribution in [0.15, 0.2) is 59.6 Å². The van der Waals surface area contributed by atoms with E-state index >= 15 is 0 Å². The second-order valence-electron chi connectivity index (χ2n) is 6.64. The number of pyridine rings is 1. The van der Waals surface area contributed by atoms with Crippen LogP contribution in [0.4, 0.5) is 0 Å². The van der Waals surface area contributed by atoms with E-state index in [0.717, 1.165) is 23.2 Å². The highest BCUT2D eigenvalue weighted by atomic mass is 32.2. The quantitative estimate of drug-likeness (QED) is 0.630. The minimum atomic E-state index is -3.95. The number of carbonyl (C=O) groups is 1. The first-order valence-corrected chi connectivity index (χ1v) is 10.4. The summed E-state index contributed by atoms with van der Waals surface area (Å²) in [5.41, 5.74) is 0.385. The number of nitrogens with zero attached hydrogens (tertiary/aromatic N) is 2. The third-order valence-corrected chi connectivity index (χ3v) is 6.49. The molecule has 1 atom stereocenters. The number of fused-ring (bicyclic) bond motifs is 1. The third-order valence-electron chi connectivity index (χ3n) is 4.77. The van der Waals surface area contributed by atoms with Crippen molar-refractivity contribution in [2.45, 2.75) is 36.7 Å². The van der Waals surface area contributed by atoms with Gasteiger partial charge in [0.15, 0.2) is 11.4 Å². The number of carbonyl (C=O) groups excluding carboxylic acids is 1. The Bertz CT molecular complexity index is 1070. The van der Waals surface area contributed by atoms with Gasteiger partial charge in [0.25, 0.3) is 10.0 Å². The van der Waals surface area contributed by atoms with Gasteiger partial charge in [-0.3, -0.25) is 4.79 Å². The minimum Gasteiger partial charge on any atom is -0.378 e. The van der Waals surface area contributed by atoms with E-state index in [1.54, 1.807) is 36.4 Å². The van der Waals surface area contributed by atoms with Gasteiger partial charge in [-0.1, -0.05) is 18.2 Å². The van der Waals surface area contributed by atoms with Gasteiger partial charge in [-0.15, -0.1) is 0 Å². The normalized spacial score (nSPS) is 17.9. The molecule has 4 rings (SSSR count). The lowest BCUT2D eigenvalue weighted by atomic mass is 10.0. The van der Waals surface area contributed by atoms with Gasteiger partial charge in [0.1, 0.15) is 5.69 Å². The Labute approximate surface area is 157 Å². The molecule has 1 aliphatic rings. The zero-order valence-corrected chi connectivity index (χ0v) is 15.6. The maximum Gasteiger partial charge on any atom is 0.270 e. The highest BCUT2D eigenvalue weighted by molar-refractivity contribution is 7.90. The van der Waals surface area contributed by atoms with Gasteiger partial charge in [0.2, 0.25) is 0 Å². The van der Waals surface area contributed by atoms with E-state index in [1.807, 2.05) is 0 Å². The first kappa shape index (κ1) is 17.9. The van der Waals surface area contributed by atoms with Gasteiger partial charge in [-0.2, -0.15) is 0 Å². The molecule has 0 saturated carbocycles. The number of rotatable bonds is 5. The van der Waals surface area contributed by atoms with Gasteiger partial charge in [0, 0.05) is 24.6 Å². The van der Waals surface area contributed by atoms with Crippen molar-refractivity contribution < 1.29 is 17.9 Å². The molecule has 0 bridgehead atoms. The maximum absolute atomic E-state index is 13.3. The zero-order valence-electron chi connectivity index (χ0n) is 14.7. The molecule has 3 heterocycles. The molecule has 0 radical (unpaired) electrons. The summed E-state index contributed by atoms with van der Waals surface area (Å²) in [5, 5.41) is 0.616. The molecule has 6 nitrogen and oxygen atoms in total. The van der Waals surface area contributed by atoms with Gasteiger partial charge in [0.05, 0.1) is 11.0 Å². The molecule has 2 aromatic heterocycles. The van der Waals surface area contributed by atoms with Crippen molar-refractivity contribution in [3.8, 4) is 0 Å². The lowest BCUT2D eigenvalue weighted by molar-refractivity contribution is 0.0127. The molecule has 1 aliphatic heterocycles. The summed E-state index contributed by atoms with van der Waals surface area (Å²) in [4.78, 5) is 17.3. The number of aromatic nitrogens is 2. The summed E-state index contributed by atoms with van der Waals surface area (Å²) >= 11 is 0. The molecule has 0 amide bonds. The number of benzene rings is 1. The summed E-state index contributed by atoms with van der Waals surface area (Å²) in [7, 11) is -3.95. The number of ether oxygens (including phenoxy) is 1. The van der Waals surface area contributed by atoms with Crippen LogP contribution in [0.5, 0.6) is 0 Å². The lowest BCUT2D eigenvalue weighted by Gasteiger charge is -2.22. The van der Waals surface area contributed by atoms with Crippen LogP contribution in [0.2, 0.25) is 0 Å². The van der Waals surface area contributed by atoms with Gasteiger partial charge in [-0.05, 0) is 49.6 Å². The van der Waals surface area contributed by atoms with E-state index in [-0.39, 0.29) is 34.5 Å². The van der Waals surface area contributed by atoms with Crippen molar-refractivity contribution in [2.24, 2.45) is 0 Å². The number of Topliss-reactive ketones (excluding diaryl/α,β-unsaturated/α-hetero) is 1. The van der Waals surface area contributed by atoms with Crippen LogP contribution in [0.1, 0.15) is 36.2 Å². The van der Waals surface area contributed by atoms with Crippen molar-refractivity contribution in [1.29, 1.82) is 0 Å². The van der Waals surface area contributed by atoms with Crippen molar-refractivity contribution in [3.63, 3.8) is 0 Å². The van der Waals surface area contributed by atoms with Crippen molar-refractivity contribution in [1.82, 2.24) is 8.96 Å². The van der Waals surface area contributed by atoms with E-state index in [0.29, 0.717) is 12.0 Å². The Balaban J connectivity index is 1.81. The average molecular weight is 384 g/mol. The van der Waals surface area contributed by atoms with Crippen LogP contribution >= 0.6 is 0 Å². The molecular formula is C20H20N2O4S.